The third-order valence-corrected chi connectivity index (χ3v) is 5.70. The molecule has 0 aromatic carbocycles. The van der Waals surface area contributed by atoms with Crippen LogP contribution >= 0.6 is 0 Å². The SMILES string of the molecule is CCC(C)(CC)n1c(C2CCCC2)nc2c1CCNC2. The summed E-state index contributed by atoms with van der Waals surface area (Å²) < 4.78 is 2.67. The number of hydrogen-bond donors (Lipinski definition) is 1. The van der Waals surface area contributed by atoms with E-state index in [1.54, 1.807) is 0 Å². The number of aromatic nitrogens is 2. The molecule has 112 valence electrons. The molecule has 0 atom stereocenters. The highest BCUT2D eigenvalue weighted by Crippen LogP contribution is 2.39. The lowest BCUT2D eigenvalue weighted by atomic mass is 9.92. The molecule has 2 heterocycles. The summed E-state index contributed by atoms with van der Waals surface area (Å²) in [7, 11) is 0. The largest absolute Gasteiger partial charge is 0.326 e. The van der Waals surface area contributed by atoms with Crippen LogP contribution in [0.5, 0.6) is 0 Å². The second kappa shape index (κ2) is 5.51. The third kappa shape index (κ3) is 2.20. The Kier molecular flexibility index (Phi) is 3.89. The molecule has 0 spiro atoms. The topological polar surface area (TPSA) is 29.9 Å². The van der Waals surface area contributed by atoms with Gasteiger partial charge >= 0.3 is 0 Å². The highest BCUT2D eigenvalue weighted by atomic mass is 15.2. The number of imidazole rings is 1. The van der Waals surface area contributed by atoms with Gasteiger partial charge in [0.2, 0.25) is 0 Å². The molecule has 1 aliphatic heterocycles. The van der Waals surface area contributed by atoms with Crippen molar-refractivity contribution in [2.24, 2.45) is 0 Å². The smallest absolute Gasteiger partial charge is 0.112 e. The minimum Gasteiger partial charge on any atom is -0.326 e. The van der Waals surface area contributed by atoms with E-state index < -0.39 is 0 Å². The van der Waals surface area contributed by atoms with Crippen LogP contribution in [0.3, 0.4) is 0 Å². The van der Waals surface area contributed by atoms with Crippen molar-refractivity contribution in [2.75, 3.05) is 6.54 Å². The maximum Gasteiger partial charge on any atom is 0.112 e. The molecule has 0 saturated heterocycles. The highest BCUT2D eigenvalue weighted by Gasteiger charge is 2.34. The number of nitrogens with one attached hydrogen (secondary N) is 1. The number of hydrogen-bond acceptors (Lipinski definition) is 2. The van der Waals surface area contributed by atoms with E-state index in [-0.39, 0.29) is 5.54 Å². The first-order valence-corrected chi connectivity index (χ1v) is 8.51. The Morgan fingerprint density at radius 1 is 1.25 bits per heavy atom. The molecule has 1 aromatic heterocycles. The van der Waals surface area contributed by atoms with Crippen molar-refractivity contribution in [2.45, 2.75) is 83.7 Å². The maximum atomic E-state index is 5.10. The Labute approximate surface area is 123 Å². The number of fused-ring (bicyclic) bond motifs is 1. The van der Waals surface area contributed by atoms with Gasteiger partial charge in [0, 0.05) is 36.7 Å². The molecule has 3 nitrogen and oxygen atoms in total. The van der Waals surface area contributed by atoms with Gasteiger partial charge in [0.05, 0.1) is 5.69 Å². The van der Waals surface area contributed by atoms with Crippen LogP contribution < -0.4 is 5.32 Å². The van der Waals surface area contributed by atoms with Gasteiger partial charge in [-0.1, -0.05) is 26.7 Å². The molecule has 0 amide bonds. The van der Waals surface area contributed by atoms with Crippen LogP contribution in [0.2, 0.25) is 0 Å². The van der Waals surface area contributed by atoms with Gasteiger partial charge in [0.15, 0.2) is 0 Å². The molecule has 3 heteroatoms. The zero-order valence-electron chi connectivity index (χ0n) is 13.3. The Morgan fingerprint density at radius 3 is 2.60 bits per heavy atom. The summed E-state index contributed by atoms with van der Waals surface area (Å²) >= 11 is 0. The van der Waals surface area contributed by atoms with E-state index in [0.717, 1.165) is 19.5 Å². The Balaban J connectivity index is 2.10. The van der Waals surface area contributed by atoms with Gasteiger partial charge in [-0.3, -0.25) is 0 Å². The molecule has 20 heavy (non-hydrogen) atoms. The highest BCUT2D eigenvalue weighted by molar-refractivity contribution is 5.25. The fourth-order valence-corrected chi connectivity index (χ4v) is 3.96. The number of rotatable bonds is 4. The minimum absolute atomic E-state index is 0.246. The molecule has 1 aromatic rings. The van der Waals surface area contributed by atoms with Gasteiger partial charge in [0.25, 0.3) is 0 Å². The number of nitrogens with zero attached hydrogens (tertiary/aromatic N) is 2. The second-order valence-electron chi connectivity index (χ2n) is 6.81. The van der Waals surface area contributed by atoms with Gasteiger partial charge in [-0.25, -0.2) is 4.98 Å². The molecule has 1 N–H and O–H groups in total. The predicted molar refractivity (Wildman–Crippen MR) is 83.1 cm³/mol. The van der Waals surface area contributed by atoms with Crippen LogP contribution in [0, 0.1) is 0 Å². The van der Waals surface area contributed by atoms with Gasteiger partial charge < -0.3 is 9.88 Å². The van der Waals surface area contributed by atoms with Crippen LogP contribution in [0.15, 0.2) is 0 Å². The molecule has 1 aliphatic carbocycles. The van der Waals surface area contributed by atoms with Crippen molar-refractivity contribution in [1.29, 1.82) is 0 Å². The molecule has 1 fully saturated rings. The average Bonchev–Trinajstić information content (AvgIpc) is 3.13. The van der Waals surface area contributed by atoms with Crippen molar-refractivity contribution in [3.8, 4) is 0 Å². The van der Waals surface area contributed by atoms with Gasteiger partial charge in [-0.2, -0.15) is 0 Å². The molecule has 0 unspecified atom stereocenters. The van der Waals surface area contributed by atoms with Crippen molar-refractivity contribution >= 4 is 0 Å². The van der Waals surface area contributed by atoms with E-state index in [1.165, 1.54) is 55.7 Å². The normalized spacial score (nSPS) is 20.4. The Bertz CT molecular complexity index is 465. The average molecular weight is 275 g/mol. The standard InChI is InChI=1S/C17H29N3/c1-4-17(3,5-2)20-15-10-11-18-12-14(15)19-16(20)13-8-6-7-9-13/h13,18H,4-12H2,1-3H3. The van der Waals surface area contributed by atoms with Gasteiger partial charge in [-0.15, -0.1) is 0 Å². The summed E-state index contributed by atoms with van der Waals surface area (Å²) in [5, 5.41) is 3.48. The first-order chi connectivity index (χ1) is 9.69. The summed E-state index contributed by atoms with van der Waals surface area (Å²) in [4.78, 5) is 5.10. The lowest BCUT2D eigenvalue weighted by Crippen LogP contribution is -2.34. The van der Waals surface area contributed by atoms with Crippen molar-refractivity contribution in [1.82, 2.24) is 14.9 Å². The fourth-order valence-electron chi connectivity index (χ4n) is 3.96. The van der Waals surface area contributed by atoms with Crippen LogP contribution in [0.1, 0.15) is 82.4 Å². The summed E-state index contributed by atoms with van der Waals surface area (Å²) in [6.07, 6.45) is 8.98. The summed E-state index contributed by atoms with van der Waals surface area (Å²) in [5.41, 5.74) is 3.10. The molecule has 0 bridgehead atoms. The van der Waals surface area contributed by atoms with Crippen LogP contribution in [0.25, 0.3) is 0 Å². The summed E-state index contributed by atoms with van der Waals surface area (Å²) in [6, 6.07) is 0. The van der Waals surface area contributed by atoms with Crippen LogP contribution in [0.4, 0.5) is 0 Å². The maximum absolute atomic E-state index is 5.10. The molecule has 3 rings (SSSR count). The van der Waals surface area contributed by atoms with Crippen LogP contribution in [-0.4, -0.2) is 16.1 Å². The van der Waals surface area contributed by atoms with Crippen LogP contribution in [-0.2, 0) is 18.5 Å². The van der Waals surface area contributed by atoms with Crippen molar-refractivity contribution in [3.63, 3.8) is 0 Å². The van der Waals surface area contributed by atoms with E-state index in [2.05, 4.69) is 30.7 Å². The molecular weight excluding hydrogens is 246 g/mol. The first-order valence-electron chi connectivity index (χ1n) is 8.51. The van der Waals surface area contributed by atoms with Crippen molar-refractivity contribution < 1.29 is 0 Å². The molecule has 2 aliphatic rings. The van der Waals surface area contributed by atoms with E-state index in [4.69, 9.17) is 4.98 Å². The lowest BCUT2D eigenvalue weighted by molar-refractivity contribution is 0.270. The summed E-state index contributed by atoms with van der Waals surface area (Å²) in [6.45, 7) is 9.15. The molecule has 1 saturated carbocycles. The second-order valence-corrected chi connectivity index (χ2v) is 6.81. The quantitative estimate of drug-likeness (QED) is 0.907. The lowest BCUT2D eigenvalue weighted by Gasteiger charge is -2.34. The summed E-state index contributed by atoms with van der Waals surface area (Å²) in [5.74, 6) is 2.11. The van der Waals surface area contributed by atoms with E-state index in [0.29, 0.717) is 5.92 Å². The fraction of sp³-hybridized carbons (Fsp3) is 0.824. The zero-order chi connectivity index (χ0) is 14.2. The molecule has 0 radical (unpaired) electrons. The minimum atomic E-state index is 0.246. The van der Waals surface area contributed by atoms with E-state index in [9.17, 15) is 0 Å². The van der Waals surface area contributed by atoms with Gasteiger partial charge in [-0.05, 0) is 32.6 Å². The van der Waals surface area contributed by atoms with Crippen molar-refractivity contribution in [3.05, 3.63) is 17.2 Å². The Morgan fingerprint density at radius 2 is 1.95 bits per heavy atom. The third-order valence-electron chi connectivity index (χ3n) is 5.70. The molecular formula is C17H29N3. The van der Waals surface area contributed by atoms with E-state index in [1.807, 2.05) is 0 Å². The first kappa shape index (κ1) is 14.1. The predicted octanol–water partition coefficient (Wildman–Crippen LogP) is 3.72. The Hall–Kier alpha value is -0.830. The van der Waals surface area contributed by atoms with Gasteiger partial charge in [0.1, 0.15) is 5.82 Å². The monoisotopic (exact) mass is 275 g/mol. The van der Waals surface area contributed by atoms with E-state index >= 15 is 0 Å². The zero-order valence-corrected chi connectivity index (χ0v) is 13.3.